The maximum atomic E-state index is 12.6. The molecule has 2 aromatic heterocycles. The lowest BCUT2D eigenvalue weighted by atomic mass is 10.1. The van der Waals surface area contributed by atoms with Gasteiger partial charge in [-0.2, -0.15) is 0 Å². The number of aromatic nitrogens is 3. The van der Waals surface area contributed by atoms with E-state index in [9.17, 15) is 9.59 Å². The molecule has 1 aliphatic rings. The van der Waals surface area contributed by atoms with Crippen LogP contribution in [0.15, 0.2) is 46.5 Å². The van der Waals surface area contributed by atoms with Crippen LogP contribution in [0, 0.1) is 0 Å². The van der Waals surface area contributed by atoms with Gasteiger partial charge in [-0.1, -0.05) is 6.07 Å². The molecule has 0 atom stereocenters. The minimum atomic E-state index is -0.910. The first kappa shape index (κ1) is 22.2. The number of nitrogens with one attached hydrogen (secondary N) is 1. The topological polar surface area (TPSA) is 118 Å². The van der Waals surface area contributed by atoms with Gasteiger partial charge in [-0.25, -0.2) is 15.0 Å². The lowest BCUT2D eigenvalue weighted by molar-refractivity contribution is -0.136. The number of rotatable bonds is 7. The third-order valence-electron chi connectivity index (χ3n) is 4.89. The Morgan fingerprint density at radius 1 is 1.25 bits per heavy atom. The number of ether oxygens (including phenoxy) is 1. The normalized spacial score (nSPS) is 14.2. The molecule has 0 spiro atoms. The first-order valence-electron chi connectivity index (χ1n) is 9.93. The maximum absolute atomic E-state index is 12.6. The summed E-state index contributed by atoms with van der Waals surface area (Å²) in [5.41, 5.74) is 1.53. The fraction of sp³-hybridized carbons (Fsp3) is 0.286. The Morgan fingerprint density at radius 3 is 2.69 bits per heavy atom. The SMILES string of the molecule is O=C(O)Cc1ccc(NC(=O)c2csc(N3CCC(Oc4ncccn4)CC3)n2)c(Br)c1. The van der Waals surface area contributed by atoms with Crippen molar-refractivity contribution in [2.75, 3.05) is 23.3 Å². The Morgan fingerprint density at radius 2 is 2.00 bits per heavy atom. The first-order valence-corrected chi connectivity index (χ1v) is 11.6. The number of anilines is 2. The minimum absolute atomic E-state index is 0.0535. The number of amides is 1. The fourth-order valence-electron chi connectivity index (χ4n) is 3.30. The van der Waals surface area contributed by atoms with Crippen LogP contribution in [-0.2, 0) is 11.2 Å². The summed E-state index contributed by atoms with van der Waals surface area (Å²) in [7, 11) is 0. The van der Waals surface area contributed by atoms with E-state index < -0.39 is 5.97 Å². The second-order valence-corrected chi connectivity index (χ2v) is 8.88. The number of carbonyl (C=O) groups is 2. The molecule has 32 heavy (non-hydrogen) atoms. The maximum Gasteiger partial charge on any atom is 0.316 e. The molecule has 1 aromatic carbocycles. The number of hydrogen-bond donors (Lipinski definition) is 2. The van der Waals surface area contributed by atoms with E-state index in [1.54, 1.807) is 42.0 Å². The number of thiazole rings is 1. The van der Waals surface area contributed by atoms with E-state index in [4.69, 9.17) is 9.84 Å². The molecule has 9 nitrogen and oxygen atoms in total. The van der Waals surface area contributed by atoms with Crippen LogP contribution in [0.25, 0.3) is 0 Å². The lowest BCUT2D eigenvalue weighted by Gasteiger charge is -2.31. The van der Waals surface area contributed by atoms with Crippen LogP contribution in [0.5, 0.6) is 6.01 Å². The number of carboxylic acid groups (broad SMARTS) is 1. The molecule has 11 heteroatoms. The average Bonchev–Trinajstić information content (AvgIpc) is 3.27. The summed E-state index contributed by atoms with van der Waals surface area (Å²) in [6, 6.07) is 7.17. The van der Waals surface area contributed by atoms with Crippen LogP contribution in [-0.4, -0.2) is 51.1 Å². The van der Waals surface area contributed by atoms with Crippen molar-refractivity contribution in [1.29, 1.82) is 0 Å². The second kappa shape index (κ2) is 10.0. The van der Waals surface area contributed by atoms with Crippen molar-refractivity contribution >= 4 is 50.0 Å². The highest BCUT2D eigenvalue weighted by atomic mass is 79.9. The van der Waals surface area contributed by atoms with Gasteiger partial charge in [-0.3, -0.25) is 9.59 Å². The van der Waals surface area contributed by atoms with E-state index in [0.29, 0.717) is 27.4 Å². The first-order chi connectivity index (χ1) is 15.5. The van der Waals surface area contributed by atoms with Gasteiger partial charge >= 0.3 is 12.0 Å². The van der Waals surface area contributed by atoms with E-state index in [1.807, 2.05) is 0 Å². The summed E-state index contributed by atoms with van der Waals surface area (Å²) in [6.45, 7) is 1.53. The van der Waals surface area contributed by atoms with Gasteiger partial charge in [0, 0.05) is 48.2 Å². The highest BCUT2D eigenvalue weighted by Gasteiger charge is 2.24. The highest BCUT2D eigenvalue weighted by Crippen LogP contribution is 2.27. The van der Waals surface area contributed by atoms with Gasteiger partial charge in [0.25, 0.3) is 5.91 Å². The molecule has 1 saturated heterocycles. The predicted molar refractivity (Wildman–Crippen MR) is 123 cm³/mol. The van der Waals surface area contributed by atoms with Crippen LogP contribution in [0.3, 0.4) is 0 Å². The van der Waals surface area contributed by atoms with Crippen molar-refractivity contribution in [1.82, 2.24) is 15.0 Å². The Bertz CT molecular complexity index is 1100. The van der Waals surface area contributed by atoms with E-state index in [-0.39, 0.29) is 18.4 Å². The summed E-state index contributed by atoms with van der Waals surface area (Å²) < 4.78 is 6.44. The number of halogens is 1. The Kier molecular flexibility index (Phi) is 6.96. The molecule has 0 saturated carbocycles. The molecular weight excluding hydrogens is 498 g/mol. The number of nitrogens with zero attached hydrogens (tertiary/aromatic N) is 4. The van der Waals surface area contributed by atoms with Gasteiger partial charge in [0.2, 0.25) is 0 Å². The zero-order valence-corrected chi connectivity index (χ0v) is 19.3. The molecule has 0 unspecified atom stereocenters. The number of hydrogen-bond acceptors (Lipinski definition) is 8. The third kappa shape index (κ3) is 5.60. The zero-order chi connectivity index (χ0) is 22.5. The van der Waals surface area contributed by atoms with Gasteiger partial charge < -0.3 is 20.1 Å². The van der Waals surface area contributed by atoms with Gasteiger partial charge in [0.1, 0.15) is 11.8 Å². The predicted octanol–water partition coefficient (Wildman–Crippen LogP) is 3.62. The summed E-state index contributed by atoms with van der Waals surface area (Å²) in [4.78, 5) is 38.3. The molecule has 3 aromatic rings. The molecule has 1 fully saturated rings. The number of carboxylic acids is 1. The molecule has 166 valence electrons. The quantitative estimate of drug-likeness (QED) is 0.487. The van der Waals surface area contributed by atoms with Crippen molar-refractivity contribution in [3.05, 3.63) is 57.8 Å². The molecule has 0 radical (unpaired) electrons. The van der Waals surface area contributed by atoms with Crippen molar-refractivity contribution < 1.29 is 19.4 Å². The molecule has 3 heterocycles. The Balaban J connectivity index is 1.33. The van der Waals surface area contributed by atoms with Crippen LogP contribution in [0.2, 0.25) is 0 Å². The largest absolute Gasteiger partial charge is 0.481 e. The Labute approximate surface area is 196 Å². The zero-order valence-electron chi connectivity index (χ0n) is 16.9. The van der Waals surface area contributed by atoms with Crippen molar-refractivity contribution in [3.8, 4) is 6.01 Å². The summed E-state index contributed by atoms with van der Waals surface area (Å²) >= 11 is 4.81. The molecule has 1 aliphatic heterocycles. The Hall–Kier alpha value is -3.05. The smallest absolute Gasteiger partial charge is 0.316 e. The number of piperidine rings is 1. The van der Waals surface area contributed by atoms with Crippen LogP contribution in [0.4, 0.5) is 10.8 Å². The fourth-order valence-corrected chi connectivity index (χ4v) is 4.69. The molecule has 2 N–H and O–H groups in total. The van der Waals surface area contributed by atoms with Crippen molar-refractivity contribution in [2.45, 2.75) is 25.4 Å². The van der Waals surface area contributed by atoms with Gasteiger partial charge in [-0.05, 0) is 39.7 Å². The monoisotopic (exact) mass is 517 g/mol. The van der Waals surface area contributed by atoms with E-state index in [0.717, 1.165) is 31.1 Å². The van der Waals surface area contributed by atoms with Gasteiger partial charge in [0.15, 0.2) is 5.13 Å². The van der Waals surface area contributed by atoms with Crippen LogP contribution >= 0.6 is 27.3 Å². The van der Waals surface area contributed by atoms with Crippen LogP contribution < -0.4 is 15.0 Å². The highest BCUT2D eigenvalue weighted by molar-refractivity contribution is 9.10. The summed E-state index contributed by atoms with van der Waals surface area (Å²) in [5, 5.41) is 14.2. The van der Waals surface area contributed by atoms with Crippen molar-refractivity contribution in [3.63, 3.8) is 0 Å². The van der Waals surface area contributed by atoms with Crippen molar-refractivity contribution in [2.24, 2.45) is 0 Å². The van der Waals surface area contributed by atoms with E-state index in [1.165, 1.54) is 11.3 Å². The summed E-state index contributed by atoms with van der Waals surface area (Å²) in [5.74, 6) is -1.23. The molecule has 0 aliphatic carbocycles. The number of carbonyl (C=O) groups excluding carboxylic acids is 1. The van der Waals surface area contributed by atoms with Crippen LogP contribution in [0.1, 0.15) is 28.9 Å². The van der Waals surface area contributed by atoms with E-state index in [2.05, 4.69) is 41.1 Å². The molecule has 4 rings (SSSR count). The van der Waals surface area contributed by atoms with Gasteiger partial charge in [0.05, 0.1) is 12.1 Å². The van der Waals surface area contributed by atoms with E-state index >= 15 is 0 Å². The molecular formula is C21H20BrN5O4S. The number of aliphatic carboxylic acids is 1. The molecule has 0 bridgehead atoms. The lowest BCUT2D eigenvalue weighted by Crippen LogP contribution is -2.38. The standard InChI is InChI=1S/C21H20BrN5O4S/c22-15-10-13(11-18(28)29)2-3-16(15)25-19(30)17-12-32-21(26-17)27-8-4-14(5-9-27)31-20-23-6-1-7-24-20/h1-3,6-7,10,12,14H,4-5,8-9,11H2,(H,25,30)(H,28,29). The summed E-state index contributed by atoms with van der Waals surface area (Å²) in [6.07, 6.45) is 4.91. The minimum Gasteiger partial charge on any atom is -0.481 e. The average molecular weight is 518 g/mol. The molecule has 1 amide bonds. The third-order valence-corrected chi connectivity index (χ3v) is 6.45. The number of benzene rings is 1. The van der Waals surface area contributed by atoms with Gasteiger partial charge in [-0.15, -0.1) is 11.3 Å². The second-order valence-electron chi connectivity index (χ2n) is 7.19.